The minimum absolute atomic E-state index is 0.316. The van der Waals surface area contributed by atoms with Crippen molar-refractivity contribution in [1.82, 2.24) is 15.5 Å². The molecule has 0 fully saturated rings. The van der Waals surface area contributed by atoms with Gasteiger partial charge in [0.25, 0.3) is 0 Å². The number of nitrogens with one attached hydrogen (secondary N) is 1. The topological polar surface area (TPSA) is 37.8 Å². The van der Waals surface area contributed by atoms with Crippen LogP contribution in [0.4, 0.5) is 13.2 Å². The molecular formula is C13H14F3N3S. The number of rotatable bonds is 4. The molecule has 3 nitrogen and oxygen atoms in total. The van der Waals surface area contributed by atoms with E-state index in [-0.39, 0.29) is 0 Å². The monoisotopic (exact) mass is 301 g/mol. The zero-order valence-corrected chi connectivity index (χ0v) is 11.8. The third kappa shape index (κ3) is 3.77. The second kappa shape index (κ2) is 5.88. The van der Waals surface area contributed by atoms with Crippen LogP contribution in [0.25, 0.3) is 10.6 Å². The number of hydrogen-bond acceptors (Lipinski definition) is 4. The van der Waals surface area contributed by atoms with E-state index in [0.717, 1.165) is 17.1 Å². The lowest BCUT2D eigenvalue weighted by atomic mass is 10.1. The Morgan fingerprint density at radius 2 is 2.00 bits per heavy atom. The van der Waals surface area contributed by atoms with E-state index < -0.39 is 11.7 Å². The largest absolute Gasteiger partial charge is 0.416 e. The molecule has 20 heavy (non-hydrogen) atoms. The fraction of sp³-hybridized carbons (Fsp3) is 0.385. The number of halogens is 3. The Balaban J connectivity index is 2.20. The number of alkyl halides is 3. The van der Waals surface area contributed by atoms with Crippen LogP contribution in [-0.2, 0) is 12.7 Å². The summed E-state index contributed by atoms with van der Waals surface area (Å²) in [5.41, 5.74) is -0.236. The Bertz CT molecular complexity index is 578. The molecule has 0 spiro atoms. The van der Waals surface area contributed by atoms with Gasteiger partial charge < -0.3 is 5.32 Å². The Morgan fingerprint density at radius 3 is 2.65 bits per heavy atom. The fourth-order valence-electron chi connectivity index (χ4n) is 1.56. The van der Waals surface area contributed by atoms with Gasteiger partial charge in [-0.2, -0.15) is 13.2 Å². The van der Waals surface area contributed by atoms with Crippen molar-refractivity contribution in [2.45, 2.75) is 32.6 Å². The molecule has 1 aromatic heterocycles. The van der Waals surface area contributed by atoms with Crippen molar-refractivity contribution in [2.75, 3.05) is 0 Å². The van der Waals surface area contributed by atoms with E-state index in [1.165, 1.54) is 17.4 Å². The average Bonchev–Trinajstić information content (AvgIpc) is 2.84. The van der Waals surface area contributed by atoms with Crippen molar-refractivity contribution in [3.05, 3.63) is 34.8 Å². The number of hydrogen-bond donors (Lipinski definition) is 1. The first-order chi connectivity index (χ1) is 9.36. The molecule has 0 aliphatic rings. The van der Waals surface area contributed by atoms with Crippen LogP contribution in [0.3, 0.4) is 0 Å². The van der Waals surface area contributed by atoms with Gasteiger partial charge in [0.2, 0.25) is 0 Å². The van der Waals surface area contributed by atoms with E-state index >= 15 is 0 Å². The molecule has 7 heteroatoms. The highest BCUT2D eigenvalue weighted by molar-refractivity contribution is 7.14. The second-order valence-electron chi connectivity index (χ2n) is 4.62. The summed E-state index contributed by atoms with van der Waals surface area (Å²) in [5.74, 6) is 0. The molecule has 108 valence electrons. The smallest absolute Gasteiger partial charge is 0.308 e. The molecule has 2 aromatic rings. The minimum Gasteiger partial charge on any atom is -0.308 e. The van der Waals surface area contributed by atoms with Crippen molar-refractivity contribution in [3.8, 4) is 10.6 Å². The SMILES string of the molecule is CC(C)NCc1nnc(-c2cccc(C(F)(F)F)c2)s1. The van der Waals surface area contributed by atoms with Gasteiger partial charge in [-0.15, -0.1) is 10.2 Å². The quantitative estimate of drug-likeness (QED) is 0.935. The van der Waals surface area contributed by atoms with Crippen LogP contribution < -0.4 is 5.32 Å². The average molecular weight is 301 g/mol. The van der Waals surface area contributed by atoms with E-state index in [9.17, 15) is 13.2 Å². The molecule has 0 saturated carbocycles. The molecule has 0 bridgehead atoms. The molecule has 0 unspecified atom stereocenters. The van der Waals surface area contributed by atoms with Crippen molar-refractivity contribution in [3.63, 3.8) is 0 Å². The second-order valence-corrected chi connectivity index (χ2v) is 5.68. The summed E-state index contributed by atoms with van der Waals surface area (Å²) >= 11 is 1.30. The number of nitrogens with zero attached hydrogens (tertiary/aromatic N) is 2. The fourth-order valence-corrected chi connectivity index (χ4v) is 2.35. The first kappa shape index (κ1) is 14.9. The summed E-state index contributed by atoms with van der Waals surface area (Å²) in [5, 5.41) is 12.4. The van der Waals surface area contributed by atoms with Crippen molar-refractivity contribution in [2.24, 2.45) is 0 Å². The molecule has 0 saturated heterocycles. The van der Waals surface area contributed by atoms with Crippen molar-refractivity contribution < 1.29 is 13.2 Å². The molecule has 0 amide bonds. The Morgan fingerprint density at radius 1 is 1.25 bits per heavy atom. The molecule has 1 N–H and O–H groups in total. The summed E-state index contributed by atoms with van der Waals surface area (Å²) in [6, 6.07) is 5.45. The highest BCUT2D eigenvalue weighted by Crippen LogP contribution is 2.32. The first-order valence-corrected chi connectivity index (χ1v) is 6.91. The van der Waals surface area contributed by atoms with E-state index in [0.29, 0.717) is 23.2 Å². The molecule has 0 aliphatic carbocycles. The summed E-state index contributed by atoms with van der Waals surface area (Å²) in [6.07, 6.45) is -4.34. The lowest BCUT2D eigenvalue weighted by molar-refractivity contribution is -0.137. The maximum Gasteiger partial charge on any atom is 0.416 e. The summed E-state index contributed by atoms with van der Waals surface area (Å²) in [6.45, 7) is 4.58. The molecule has 1 aromatic carbocycles. The van der Waals surface area contributed by atoms with Gasteiger partial charge in [-0.05, 0) is 12.1 Å². The third-order valence-electron chi connectivity index (χ3n) is 2.57. The third-order valence-corrected chi connectivity index (χ3v) is 3.54. The maximum atomic E-state index is 12.7. The summed E-state index contributed by atoms with van der Waals surface area (Å²) < 4.78 is 38.0. The van der Waals surface area contributed by atoms with E-state index in [4.69, 9.17) is 0 Å². The highest BCUT2D eigenvalue weighted by atomic mass is 32.1. The van der Waals surface area contributed by atoms with Crippen LogP contribution in [0.5, 0.6) is 0 Å². The normalized spacial score (nSPS) is 12.1. The van der Waals surface area contributed by atoms with Gasteiger partial charge in [-0.3, -0.25) is 0 Å². The number of benzene rings is 1. The summed E-state index contributed by atoms with van der Waals surface area (Å²) in [4.78, 5) is 0. The molecule has 0 atom stereocenters. The lowest BCUT2D eigenvalue weighted by Crippen LogP contribution is -2.21. The zero-order chi connectivity index (χ0) is 14.8. The van der Waals surface area contributed by atoms with Crippen molar-refractivity contribution in [1.29, 1.82) is 0 Å². The Hall–Kier alpha value is -1.47. The molecule has 0 radical (unpaired) electrons. The molecule has 2 rings (SSSR count). The van der Waals surface area contributed by atoms with E-state index in [2.05, 4.69) is 15.5 Å². The van der Waals surface area contributed by atoms with Gasteiger partial charge in [0.05, 0.1) is 5.56 Å². The minimum atomic E-state index is -4.34. The van der Waals surface area contributed by atoms with Crippen LogP contribution in [0.15, 0.2) is 24.3 Å². The van der Waals surface area contributed by atoms with Gasteiger partial charge in [0, 0.05) is 18.2 Å². The van der Waals surface area contributed by atoms with E-state index in [1.807, 2.05) is 13.8 Å². The molecule has 0 aliphatic heterocycles. The van der Waals surface area contributed by atoms with Crippen LogP contribution in [0, 0.1) is 0 Å². The van der Waals surface area contributed by atoms with Crippen molar-refractivity contribution >= 4 is 11.3 Å². The highest BCUT2D eigenvalue weighted by Gasteiger charge is 2.30. The molecule has 1 heterocycles. The van der Waals surface area contributed by atoms with Crippen LogP contribution in [0.1, 0.15) is 24.4 Å². The standard InChI is InChI=1S/C13H14F3N3S/c1-8(2)17-7-11-18-19-12(20-11)9-4-3-5-10(6-9)13(14,15)16/h3-6,8,17H,7H2,1-2H3. The van der Waals surface area contributed by atoms with Crippen LogP contribution in [0.2, 0.25) is 0 Å². The van der Waals surface area contributed by atoms with Gasteiger partial charge in [0.1, 0.15) is 10.0 Å². The van der Waals surface area contributed by atoms with Crippen LogP contribution >= 0.6 is 11.3 Å². The van der Waals surface area contributed by atoms with Gasteiger partial charge in [-0.25, -0.2) is 0 Å². The Labute approximate surface area is 118 Å². The lowest BCUT2D eigenvalue weighted by Gasteiger charge is -2.06. The molecular weight excluding hydrogens is 287 g/mol. The summed E-state index contributed by atoms with van der Waals surface area (Å²) in [7, 11) is 0. The maximum absolute atomic E-state index is 12.7. The zero-order valence-electron chi connectivity index (χ0n) is 11.0. The first-order valence-electron chi connectivity index (χ1n) is 6.09. The Kier molecular flexibility index (Phi) is 4.39. The predicted molar refractivity (Wildman–Crippen MR) is 72.3 cm³/mol. The van der Waals surface area contributed by atoms with Crippen LogP contribution in [-0.4, -0.2) is 16.2 Å². The van der Waals surface area contributed by atoms with E-state index in [1.54, 1.807) is 6.07 Å². The predicted octanol–water partition coefficient (Wildman–Crippen LogP) is 3.72. The van der Waals surface area contributed by atoms with Gasteiger partial charge in [-0.1, -0.05) is 37.3 Å². The van der Waals surface area contributed by atoms with Gasteiger partial charge >= 0.3 is 6.18 Å². The van der Waals surface area contributed by atoms with Gasteiger partial charge in [0.15, 0.2) is 0 Å². The number of aromatic nitrogens is 2.